The predicted molar refractivity (Wildman–Crippen MR) is 72.0 cm³/mol. The first-order chi connectivity index (χ1) is 9.81. The summed E-state index contributed by atoms with van der Waals surface area (Å²) in [6, 6.07) is 3.89. The Hall–Kier alpha value is -1.93. The molecule has 0 aliphatic rings. The molecule has 1 heterocycles. The van der Waals surface area contributed by atoms with Crippen LogP contribution in [0.1, 0.15) is 0 Å². The topological polar surface area (TPSA) is 70.2 Å². The molecule has 0 N–H and O–H groups in total. The van der Waals surface area contributed by atoms with Gasteiger partial charge in [-0.05, 0) is 6.07 Å². The van der Waals surface area contributed by atoms with Crippen molar-refractivity contribution in [2.75, 3.05) is 0 Å². The highest BCUT2D eigenvalue weighted by molar-refractivity contribution is 6.34. The molecule has 10 heteroatoms. The van der Waals surface area contributed by atoms with Crippen molar-refractivity contribution in [3.63, 3.8) is 0 Å². The summed E-state index contributed by atoms with van der Waals surface area (Å²) in [7, 11) is 1.36. The lowest BCUT2D eigenvalue weighted by molar-refractivity contribution is -0.384. The maximum Gasteiger partial charge on any atom is 0.388 e. The minimum atomic E-state index is -3.06. The third-order valence-electron chi connectivity index (χ3n) is 2.56. The molecule has 1 aromatic heterocycles. The van der Waals surface area contributed by atoms with Gasteiger partial charge < -0.3 is 4.74 Å². The Labute approximate surface area is 127 Å². The zero-order valence-corrected chi connectivity index (χ0v) is 11.9. The molecule has 0 spiro atoms. The molecule has 0 unspecified atom stereocenters. The highest BCUT2D eigenvalue weighted by atomic mass is 35.5. The first kappa shape index (κ1) is 15.5. The number of nitro groups is 1. The van der Waals surface area contributed by atoms with E-state index >= 15 is 0 Å². The minimum absolute atomic E-state index is 0.0557. The van der Waals surface area contributed by atoms with E-state index in [1.807, 2.05) is 0 Å². The van der Waals surface area contributed by atoms with E-state index in [-0.39, 0.29) is 32.9 Å². The number of aromatic nitrogens is 2. The lowest BCUT2D eigenvalue weighted by atomic mass is 10.1. The summed E-state index contributed by atoms with van der Waals surface area (Å²) < 4.78 is 29.8. The van der Waals surface area contributed by atoms with E-state index in [9.17, 15) is 18.9 Å². The second-order valence-corrected chi connectivity index (χ2v) is 4.68. The Morgan fingerprint density at radius 3 is 2.67 bits per heavy atom. The molecule has 1 aromatic carbocycles. The third-order valence-corrected chi connectivity index (χ3v) is 3.22. The van der Waals surface area contributed by atoms with Crippen LogP contribution >= 0.6 is 23.2 Å². The molecule has 21 heavy (non-hydrogen) atoms. The number of alkyl halides is 2. The average molecular weight is 338 g/mol. The quantitative estimate of drug-likeness (QED) is 0.626. The maximum atomic E-state index is 12.3. The van der Waals surface area contributed by atoms with Crippen LogP contribution in [0.15, 0.2) is 18.2 Å². The van der Waals surface area contributed by atoms with Crippen LogP contribution in [0, 0.1) is 10.1 Å². The van der Waals surface area contributed by atoms with E-state index in [0.717, 1.165) is 10.7 Å². The van der Waals surface area contributed by atoms with E-state index in [1.165, 1.54) is 19.2 Å². The molecular weight excluding hydrogens is 331 g/mol. The molecule has 0 amide bonds. The lowest BCUT2D eigenvalue weighted by Gasteiger charge is -2.03. The Morgan fingerprint density at radius 1 is 1.43 bits per heavy atom. The first-order valence-corrected chi connectivity index (χ1v) is 6.18. The highest BCUT2D eigenvalue weighted by Crippen LogP contribution is 2.37. The predicted octanol–water partition coefficient (Wildman–Crippen LogP) is 3.90. The molecule has 0 saturated heterocycles. The van der Waals surface area contributed by atoms with Gasteiger partial charge in [-0.15, -0.1) is 0 Å². The lowest BCUT2D eigenvalue weighted by Crippen LogP contribution is -2.06. The molecule has 2 aromatic rings. The Morgan fingerprint density at radius 2 is 2.10 bits per heavy atom. The second kappa shape index (κ2) is 5.82. The monoisotopic (exact) mass is 337 g/mol. The van der Waals surface area contributed by atoms with Crippen molar-refractivity contribution in [3.8, 4) is 17.1 Å². The van der Waals surface area contributed by atoms with Crippen molar-refractivity contribution in [1.82, 2.24) is 9.78 Å². The second-order valence-electron chi connectivity index (χ2n) is 3.89. The first-order valence-electron chi connectivity index (χ1n) is 5.43. The Balaban J connectivity index is 2.53. The van der Waals surface area contributed by atoms with Gasteiger partial charge in [-0.2, -0.15) is 13.9 Å². The van der Waals surface area contributed by atoms with Crippen molar-refractivity contribution in [1.29, 1.82) is 0 Å². The zero-order chi connectivity index (χ0) is 15.7. The van der Waals surface area contributed by atoms with Crippen LogP contribution in [0.2, 0.25) is 10.0 Å². The number of benzene rings is 1. The summed E-state index contributed by atoms with van der Waals surface area (Å²) in [5, 5.41) is 14.5. The minimum Gasteiger partial charge on any atom is -0.416 e. The van der Waals surface area contributed by atoms with Gasteiger partial charge in [-0.3, -0.25) is 10.1 Å². The fourth-order valence-electron chi connectivity index (χ4n) is 1.68. The molecule has 0 atom stereocenters. The van der Waals surface area contributed by atoms with Crippen molar-refractivity contribution in [2.24, 2.45) is 7.05 Å². The van der Waals surface area contributed by atoms with E-state index < -0.39 is 11.5 Å². The number of nitrogens with zero attached hydrogens (tertiary/aromatic N) is 3. The average Bonchev–Trinajstić information content (AvgIpc) is 2.66. The summed E-state index contributed by atoms with van der Waals surface area (Å²) >= 11 is 11.6. The molecule has 0 bridgehead atoms. The molecule has 112 valence electrons. The van der Waals surface area contributed by atoms with Gasteiger partial charge in [-0.1, -0.05) is 29.3 Å². The van der Waals surface area contributed by atoms with Crippen molar-refractivity contribution >= 4 is 28.9 Å². The van der Waals surface area contributed by atoms with Gasteiger partial charge in [0.05, 0.1) is 4.92 Å². The highest BCUT2D eigenvalue weighted by Gasteiger charge is 2.22. The van der Waals surface area contributed by atoms with Gasteiger partial charge in [0.1, 0.15) is 15.7 Å². The van der Waals surface area contributed by atoms with Crippen LogP contribution in [-0.4, -0.2) is 21.3 Å². The number of aryl methyl sites for hydroxylation is 1. The largest absolute Gasteiger partial charge is 0.416 e. The molecule has 6 nitrogen and oxygen atoms in total. The van der Waals surface area contributed by atoms with Gasteiger partial charge in [-0.25, -0.2) is 4.68 Å². The number of hydrogen-bond donors (Lipinski definition) is 0. The van der Waals surface area contributed by atoms with Crippen LogP contribution < -0.4 is 4.74 Å². The number of hydrogen-bond acceptors (Lipinski definition) is 4. The Bertz CT molecular complexity index is 706. The van der Waals surface area contributed by atoms with Crippen molar-refractivity contribution < 1.29 is 18.4 Å². The van der Waals surface area contributed by atoms with Gasteiger partial charge in [0.2, 0.25) is 5.88 Å². The summed E-state index contributed by atoms with van der Waals surface area (Å²) in [5.41, 5.74) is -0.00221. The standard InChI is InChI=1S/C11H7Cl2F2N3O3/c1-17-10(21-11(14)15)8(13)9(16-17)5-2-3-6(12)7(4-5)18(19)20/h2-4,11H,1H3. The summed E-state index contributed by atoms with van der Waals surface area (Å²) in [4.78, 5) is 10.2. The van der Waals surface area contributed by atoms with E-state index in [0.29, 0.717) is 0 Å². The molecule has 0 radical (unpaired) electrons. The molecule has 0 aliphatic heterocycles. The molecule has 2 rings (SSSR count). The molecule has 0 saturated carbocycles. The van der Waals surface area contributed by atoms with Crippen molar-refractivity contribution in [2.45, 2.75) is 6.61 Å². The third kappa shape index (κ3) is 3.06. The van der Waals surface area contributed by atoms with Crippen LogP contribution in [0.5, 0.6) is 5.88 Å². The van der Waals surface area contributed by atoms with E-state index in [2.05, 4.69) is 9.84 Å². The van der Waals surface area contributed by atoms with Crippen LogP contribution in [-0.2, 0) is 7.05 Å². The summed E-state index contributed by atoms with van der Waals surface area (Å²) in [6.07, 6.45) is 0. The van der Waals surface area contributed by atoms with Crippen LogP contribution in [0.4, 0.5) is 14.5 Å². The number of halogens is 4. The number of nitro benzene ring substituents is 1. The number of ether oxygens (including phenoxy) is 1. The van der Waals surface area contributed by atoms with Gasteiger partial charge in [0.25, 0.3) is 5.69 Å². The SMILES string of the molecule is Cn1nc(-c2ccc(Cl)c([N+](=O)[O-])c2)c(Cl)c1OC(F)F. The van der Waals surface area contributed by atoms with E-state index in [1.54, 1.807) is 0 Å². The number of rotatable bonds is 4. The smallest absolute Gasteiger partial charge is 0.388 e. The van der Waals surface area contributed by atoms with E-state index in [4.69, 9.17) is 23.2 Å². The van der Waals surface area contributed by atoms with Crippen LogP contribution in [0.3, 0.4) is 0 Å². The van der Waals surface area contributed by atoms with Gasteiger partial charge >= 0.3 is 6.61 Å². The zero-order valence-electron chi connectivity index (χ0n) is 10.4. The normalized spacial score (nSPS) is 11.0. The molecule has 0 aliphatic carbocycles. The maximum absolute atomic E-state index is 12.3. The summed E-state index contributed by atoms with van der Waals surface area (Å²) in [6.45, 7) is -3.06. The fraction of sp³-hybridized carbons (Fsp3) is 0.182. The van der Waals surface area contributed by atoms with Gasteiger partial charge in [0, 0.05) is 18.7 Å². The Kier molecular flexibility index (Phi) is 4.29. The molecular formula is C11H7Cl2F2N3O3. The summed E-state index contributed by atoms with van der Waals surface area (Å²) in [5.74, 6) is -0.334. The van der Waals surface area contributed by atoms with Crippen molar-refractivity contribution in [3.05, 3.63) is 38.4 Å². The molecule has 0 fully saturated rings. The van der Waals surface area contributed by atoms with Crippen LogP contribution in [0.25, 0.3) is 11.3 Å². The van der Waals surface area contributed by atoms with Gasteiger partial charge in [0.15, 0.2) is 0 Å². The fourth-order valence-corrected chi connectivity index (χ4v) is 2.18.